The molecule has 2 heterocycles. The van der Waals surface area contributed by atoms with E-state index >= 15 is 0 Å². The van der Waals surface area contributed by atoms with Crippen LogP contribution in [-0.4, -0.2) is 41.4 Å². The summed E-state index contributed by atoms with van der Waals surface area (Å²) < 4.78 is 13.2. The van der Waals surface area contributed by atoms with Crippen LogP contribution in [0.5, 0.6) is 0 Å². The zero-order chi connectivity index (χ0) is 9.69. The summed E-state index contributed by atoms with van der Waals surface area (Å²) in [6.45, 7) is 5.93. The molecule has 2 rings (SSSR count). The molecule has 2 fully saturated rings. The molecule has 3 heteroatoms. The van der Waals surface area contributed by atoms with Gasteiger partial charge in [-0.25, -0.2) is 4.39 Å². The number of aliphatic hydroxyl groups excluding tert-OH is 1. The lowest BCUT2D eigenvalue weighted by atomic mass is 9.82. The summed E-state index contributed by atoms with van der Waals surface area (Å²) in [6.07, 6.45) is 0.715. The van der Waals surface area contributed by atoms with Gasteiger partial charge >= 0.3 is 0 Å². The van der Waals surface area contributed by atoms with Crippen molar-refractivity contribution in [2.75, 3.05) is 19.7 Å². The van der Waals surface area contributed by atoms with Crippen LogP contribution in [0.2, 0.25) is 0 Å². The van der Waals surface area contributed by atoms with Crippen molar-refractivity contribution in [1.29, 1.82) is 0 Å². The number of hydrogen-bond donors (Lipinski definition) is 1. The topological polar surface area (TPSA) is 23.5 Å². The molecule has 0 unspecified atom stereocenters. The van der Waals surface area contributed by atoms with Crippen LogP contribution in [0, 0.1) is 5.41 Å². The van der Waals surface area contributed by atoms with Gasteiger partial charge in [0.15, 0.2) is 0 Å². The van der Waals surface area contributed by atoms with Gasteiger partial charge in [0, 0.05) is 25.0 Å². The number of halogens is 1. The minimum absolute atomic E-state index is 0.108. The average Bonchev–Trinajstić information content (AvgIpc) is 2.36. The smallest absolute Gasteiger partial charge is 0.115 e. The second-order valence-corrected chi connectivity index (χ2v) is 5.41. The van der Waals surface area contributed by atoms with Gasteiger partial charge in [-0.2, -0.15) is 0 Å². The van der Waals surface area contributed by atoms with Gasteiger partial charge in [-0.05, 0) is 11.8 Å². The van der Waals surface area contributed by atoms with Crippen LogP contribution in [0.4, 0.5) is 4.39 Å². The van der Waals surface area contributed by atoms with Crippen LogP contribution in [0.3, 0.4) is 0 Å². The molecular formula is C10H18FNO. The number of alkyl halides is 1. The third-order valence-corrected chi connectivity index (χ3v) is 3.41. The van der Waals surface area contributed by atoms with E-state index in [9.17, 15) is 9.50 Å². The van der Waals surface area contributed by atoms with Crippen LogP contribution in [0.25, 0.3) is 0 Å². The minimum Gasteiger partial charge on any atom is -0.394 e. The van der Waals surface area contributed by atoms with Crippen LogP contribution in [0.15, 0.2) is 0 Å². The molecule has 2 saturated heterocycles. The lowest BCUT2D eigenvalue weighted by Crippen LogP contribution is -2.41. The second kappa shape index (κ2) is 2.67. The predicted octanol–water partition coefficient (Wildman–Crippen LogP) is 1.19. The van der Waals surface area contributed by atoms with Gasteiger partial charge in [0.25, 0.3) is 0 Å². The van der Waals surface area contributed by atoms with Gasteiger partial charge in [0.1, 0.15) is 6.17 Å². The molecule has 0 radical (unpaired) electrons. The molecule has 0 aromatic heterocycles. The molecule has 0 bridgehead atoms. The SMILES string of the molecule is CC1(C)CN2C[C@H](F)C[C@@]2(CO)C1. The summed E-state index contributed by atoms with van der Waals surface area (Å²) in [5, 5.41) is 9.37. The van der Waals surface area contributed by atoms with E-state index < -0.39 is 6.17 Å². The Bertz CT molecular complexity index is 219. The Kier molecular flexibility index (Phi) is 1.93. The standard InChI is InChI=1S/C10H18FNO/c1-9(2)5-10(7-13)3-8(11)4-12(10)6-9/h8,13H,3-7H2,1-2H3/t8-,10+/m1/s1. The highest BCUT2D eigenvalue weighted by molar-refractivity contribution is 5.08. The molecule has 2 aliphatic rings. The van der Waals surface area contributed by atoms with Crippen molar-refractivity contribution < 1.29 is 9.50 Å². The minimum atomic E-state index is -0.733. The Morgan fingerprint density at radius 2 is 2.23 bits per heavy atom. The lowest BCUT2D eigenvalue weighted by molar-refractivity contribution is 0.0992. The number of hydrogen-bond acceptors (Lipinski definition) is 2. The Balaban J connectivity index is 2.20. The van der Waals surface area contributed by atoms with Gasteiger partial charge in [0.05, 0.1) is 6.61 Å². The normalized spacial score (nSPS) is 43.8. The summed E-state index contributed by atoms with van der Waals surface area (Å²) in [6, 6.07) is 0. The molecular weight excluding hydrogens is 169 g/mol. The second-order valence-electron chi connectivity index (χ2n) is 5.41. The van der Waals surface area contributed by atoms with E-state index in [0.717, 1.165) is 13.0 Å². The van der Waals surface area contributed by atoms with Crippen LogP contribution in [0.1, 0.15) is 26.7 Å². The molecule has 1 N–H and O–H groups in total. The van der Waals surface area contributed by atoms with Crippen molar-refractivity contribution in [3.8, 4) is 0 Å². The molecule has 0 amide bonds. The molecule has 0 aliphatic carbocycles. The molecule has 0 aromatic rings. The van der Waals surface area contributed by atoms with E-state index in [1.54, 1.807) is 0 Å². The molecule has 0 spiro atoms. The molecule has 2 aliphatic heterocycles. The summed E-state index contributed by atoms with van der Waals surface area (Å²) >= 11 is 0. The fraction of sp³-hybridized carbons (Fsp3) is 1.00. The van der Waals surface area contributed by atoms with Crippen molar-refractivity contribution >= 4 is 0 Å². The maximum atomic E-state index is 13.2. The average molecular weight is 187 g/mol. The van der Waals surface area contributed by atoms with Crippen LogP contribution < -0.4 is 0 Å². The Morgan fingerprint density at radius 1 is 1.54 bits per heavy atom. The van der Waals surface area contributed by atoms with E-state index in [1.807, 2.05) is 0 Å². The highest BCUT2D eigenvalue weighted by Gasteiger charge is 2.54. The third kappa shape index (κ3) is 1.38. The predicted molar refractivity (Wildman–Crippen MR) is 49.3 cm³/mol. The number of rotatable bonds is 1. The van der Waals surface area contributed by atoms with Crippen molar-refractivity contribution in [2.24, 2.45) is 5.41 Å². The van der Waals surface area contributed by atoms with E-state index in [1.165, 1.54) is 0 Å². The summed E-state index contributed by atoms with van der Waals surface area (Å²) in [4.78, 5) is 2.14. The lowest BCUT2D eigenvalue weighted by Gasteiger charge is -2.29. The monoisotopic (exact) mass is 187 g/mol. The Labute approximate surface area is 78.7 Å². The van der Waals surface area contributed by atoms with Gasteiger partial charge in [-0.15, -0.1) is 0 Å². The molecule has 2 nitrogen and oxygen atoms in total. The summed E-state index contributed by atoms with van der Waals surface area (Å²) in [5.41, 5.74) is 0.00574. The highest BCUT2D eigenvalue weighted by atomic mass is 19.1. The molecule has 0 aromatic carbocycles. The first-order chi connectivity index (χ1) is 5.97. The van der Waals surface area contributed by atoms with Crippen LogP contribution in [-0.2, 0) is 0 Å². The maximum Gasteiger partial charge on any atom is 0.115 e. The number of fused-ring (bicyclic) bond motifs is 1. The first kappa shape index (κ1) is 9.41. The largest absolute Gasteiger partial charge is 0.394 e. The van der Waals surface area contributed by atoms with E-state index in [2.05, 4.69) is 18.7 Å². The van der Waals surface area contributed by atoms with Crippen molar-refractivity contribution in [3.05, 3.63) is 0 Å². The zero-order valence-corrected chi connectivity index (χ0v) is 8.39. The molecule has 2 atom stereocenters. The summed E-state index contributed by atoms with van der Waals surface area (Å²) in [5.74, 6) is 0. The quantitative estimate of drug-likeness (QED) is 0.666. The first-order valence-electron chi connectivity index (χ1n) is 4.97. The molecule has 76 valence electrons. The zero-order valence-electron chi connectivity index (χ0n) is 8.39. The third-order valence-electron chi connectivity index (χ3n) is 3.41. The van der Waals surface area contributed by atoms with E-state index in [0.29, 0.717) is 13.0 Å². The van der Waals surface area contributed by atoms with Crippen molar-refractivity contribution in [2.45, 2.75) is 38.4 Å². The van der Waals surface area contributed by atoms with Gasteiger partial charge in [0.2, 0.25) is 0 Å². The van der Waals surface area contributed by atoms with Gasteiger partial charge < -0.3 is 5.11 Å². The van der Waals surface area contributed by atoms with E-state index in [-0.39, 0.29) is 17.6 Å². The van der Waals surface area contributed by atoms with Gasteiger partial charge in [-0.1, -0.05) is 13.8 Å². The number of aliphatic hydroxyl groups is 1. The van der Waals surface area contributed by atoms with Crippen molar-refractivity contribution in [1.82, 2.24) is 4.90 Å². The van der Waals surface area contributed by atoms with E-state index in [4.69, 9.17) is 0 Å². The highest BCUT2D eigenvalue weighted by Crippen LogP contribution is 2.47. The molecule has 0 saturated carbocycles. The van der Waals surface area contributed by atoms with Crippen molar-refractivity contribution in [3.63, 3.8) is 0 Å². The Hall–Kier alpha value is -0.150. The fourth-order valence-corrected chi connectivity index (χ4v) is 3.14. The number of nitrogens with zero attached hydrogens (tertiary/aromatic N) is 1. The van der Waals surface area contributed by atoms with Gasteiger partial charge in [-0.3, -0.25) is 4.90 Å². The first-order valence-corrected chi connectivity index (χ1v) is 4.97. The maximum absolute atomic E-state index is 13.2. The summed E-state index contributed by atoms with van der Waals surface area (Å²) in [7, 11) is 0. The fourth-order valence-electron chi connectivity index (χ4n) is 3.14. The molecule has 13 heavy (non-hydrogen) atoms. The van der Waals surface area contributed by atoms with Crippen LogP contribution >= 0.6 is 0 Å². The Morgan fingerprint density at radius 3 is 2.77 bits per heavy atom.